The number of hydrogen-bond donors (Lipinski definition) is 0. The van der Waals surface area contributed by atoms with Gasteiger partial charge in [-0.3, -0.25) is 4.18 Å². The second kappa shape index (κ2) is 7.81. The monoisotopic (exact) mass is 298 g/mol. The molecule has 0 spiro atoms. The quantitative estimate of drug-likeness (QED) is 0.319. The van der Waals surface area contributed by atoms with E-state index in [-0.39, 0.29) is 11.5 Å². The second-order valence-corrected chi connectivity index (χ2v) is 5.76. The molecule has 0 N–H and O–H groups in total. The molecule has 0 bridgehead atoms. The summed E-state index contributed by atoms with van der Waals surface area (Å²) in [5, 5.41) is 0. The van der Waals surface area contributed by atoms with E-state index in [1.54, 1.807) is 25.1 Å². The highest BCUT2D eigenvalue weighted by Gasteiger charge is 2.18. The van der Waals surface area contributed by atoms with Gasteiger partial charge in [0.1, 0.15) is 0 Å². The zero-order valence-corrected chi connectivity index (χ0v) is 12.1. The first-order chi connectivity index (χ1) is 9.45. The number of rotatable bonds is 8. The Morgan fingerprint density at radius 3 is 2.60 bits per heavy atom. The Labute approximate surface area is 119 Å². The molecule has 0 heterocycles. The average Bonchev–Trinajstić information content (AvgIpc) is 2.43. The summed E-state index contributed by atoms with van der Waals surface area (Å²) in [6.07, 6.45) is 1.59. The van der Waals surface area contributed by atoms with Crippen LogP contribution in [-0.4, -0.2) is 27.1 Å². The van der Waals surface area contributed by atoms with Crippen LogP contribution >= 0.6 is 0 Å². The molecule has 0 aliphatic carbocycles. The summed E-state index contributed by atoms with van der Waals surface area (Å²) in [7, 11) is -3.74. The fraction of sp³-hybridized carbons (Fsp3) is 0.357. The molecule has 6 heteroatoms. The van der Waals surface area contributed by atoms with Crippen molar-refractivity contribution in [3.05, 3.63) is 43.0 Å². The van der Waals surface area contributed by atoms with Crippen molar-refractivity contribution in [3.8, 4) is 0 Å². The molecular formula is C14H18O5S. The third-order valence-corrected chi connectivity index (χ3v) is 3.92. The van der Waals surface area contributed by atoms with Crippen LogP contribution in [0.15, 0.2) is 47.9 Å². The number of carbonyl (C=O) groups excluding carboxylic acids is 1. The van der Waals surface area contributed by atoms with Crippen LogP contribution in [0.4, 0.5) is 0 Å². The minimum Gasteiger partial charge on any atom is -0.463 e. The molecule has 0 fully saturated rings. The highest BCUT2D eigenvalue weighted by Crippen LogP contribution is 2.15. The smallest absolute Gasteiger partial charge is 0.330 e. The summed E-state index contributed by atoms with van der Waals surface area (Å²) >= 11 is 0. The zero-order valence-electron chi connectivity index (χ0n) is 11.3. The molecule has 0 saturated carbocycles. The Balaban J connectivity index is 2.40. The van der Waals surface area contributed by atoms with Crippen LogP contribution in [0.25, 0.3) is 0 Å². The Hall–Kier alpha value is -1.66. The van der Waals surface area contributed by atoms with E-state index in [1.165, 1.54) is 12.1 Å². The summed E-state index contributed by atoms with van der Waals surface area (Å²) in [6, 6.07) is 7.96. The summed E-state index contributed by atoms with van der Waals surface area (Å²) in [5.74, 6) is -0.490. The van der Waals surface area contributed by atoms with Gasteiger partial charge in [0, 0.05) is 6.08 Å². The Kier molecular flexibility index (Phi) is 6.41. The normalized spacial score (nSPS) is 12.7. The van der Waals surface area contributed by atoms with Gasteiger partial charge < -0.3 is 4.74 Å². The Morgan fingerprint density at radius 1 is 1.35 bits per heavy atom. The maximum absolute atomic E-state index is 11.9. The first kappa shape index (κ1) is 16.4. The minimum absolute atomic E-state index is 0.130. The van der Waals surface area contributed by atoms with E-state index in [1.807, 2.05) is 0 Å². The minimum atomic E-state index is -3.74. The highest BCUT2D eigenvalue weighted by molar-refractivity contribution is 7.86. The second-order valence-electron chi connectivity index (χ2n) is 4.19. The SMILES string of the molecule is C=CC(=O)OCCCC(C)OS(=O)(=O)c1ccccc1. The summed E-state index contributed by atoms with van der Waals surface area (Å²) in [4.78, 5) is 10.9. The van der Waals surface area contributed by atoms with Gasteiger partial charge in [-0.2, -0.15) is 8.42 Å². The van der Waals surface area contributed by atoms with Gasteiger partial charge in [0.05, 0.1) is 17.6 Å². The molecule has 0 aliphatic rings. The molecule has 1 atom stereocenters. The van der Waals surface area contributed by atoms with Crippen molar-refractivity contribution in [2.45, 2.75) is 30.8 Å². The third-order valence-electron chi connectivity index (χ3n) is 2.49. The van der Waals surface area contributed by atoms with Crippen LogP contribution in [0.2, 0.25) is 0 Å². The van der Waals surface area contributed by atoms with E-state index in [4.69, 9.17) is 8.92 Å². The van der Waals surface area contributed by atoms with Crippen molar-refractivity contribution in [2.24, 2.45) is 0 Å². The number of ether oxygens (including phenoxy) is 1. The van der Waals surface area contributed by atoms with Crippen LogP contribution in [0.3, 0.4) is 0 Å². The molecule has 0 aliphatic heterocycles. The zero-order chi connectivity index (χ0) is 15.0. The first-order valence-electron chi connectivity index (χ1n) is 6.23. The Morgan fingerprint density at radius 2 is 2.00 bits per heavy atom. The van der Waals surface area contributed by atoms with E-state index in [0.29, 0.717) is 12.8 Å². The molecule has 0 aromatic heterocycles. The van der Waals surface area contributed by atoms with Gasteiger partial charge in [0.2, 0.25) is 0 Å². The number of hydrogen-bond acceptors (Lipinski definition) is 5. The fourth-order valence-corrected chi connectivity index (χ4v) is 2.64. The first-order valence-corrected chi connectivity index (χ1v) is 7.64. The molecule has 0 saturated heterocycles. The standard InChI is InChI=1S/C14H18O5S/c1-3-14(15)18-11-7-8-12(2)19-20(16,17)13-9-5-4-6-10-13/h3-6,9-10,12H,1,7-8,11H2,2H3. The number of esters is 1. The maximum Gasteiger partial charge on any atom is 0.330 e. The largest absolute Gasteiger partial charge is 0.463 e. The van der Waals surface area contributed by atoms with Crippen LogP contribution in [0.5, 0.6) is 0 Å². The van der Waals surface area contributed by atoms with Crippen molar-refractivity contribution in [2.75, 3.05) is 6.61 Å². The van der Waals surface area contributed by atoms with Crippen molar-refractivity contribution in [1.82, 2.24) is 0 Å². The molecular weight excluding hydrogens is 280 g/mol. The predicted octanol–water partition coefficient (Wildman–Crippen LogP) is 2.29. The van der Waals surface area contributed by atoms with Gasteiger partial charge in [0.15, 0.2) is 0 Å². The van der Waals surface area contributed by atoms with Crippen molar-refractivity contribution in [1.29, 1.82) is 0 Å². The molecule has 1 aromatic rings. The average molecular weight is 298 g/mol. The lowest BCUT2D eigenvalue weighted by atomic mass is 10.2. The maximum atomic E-state index is 11.9. The molecule has 1 aromatic carbocycles. The van der Waals surface area contributed by atoms with E-state index in [9.17, 15) is 13.2 Å². The van der Waals surface area contributed by atoms with Crippen LogP contribution in [0, 0.1) is 0 Å². The van der Waals surface area contributed by atoms with Crippen molar-refractivity contribution in [3.63, 3.8) is 0 Å². The predicted molar refractivity (Wildman–Crippen MR) is 74.6 cm³/mol. The van der Waals surface area contributed by atoms with Gasteiger partial charge in [-0.05, 0) is 31.9 Å². The van der Waals surface area contributed by atoms with Gasteiger partial charge >= 0.3 is 5.97 Å². The van der Waals surface area contributed by atoms with E-state index >= 15 is 0 Å². The lowest BCUT2D eigenvalue weighted by molar-refractivity contribution is -0.137. The summed E-state index contributed by atoms with van der Waals surface area (Å²) < 4.78 is 33.7. The van der Waals surface area contributed by atoms with Crippen molar-refractivity contribution >= 4 is 16.1 Å². The van der Waals surface area contributed by atoms with Gasteiger partial charge in [-0.25, -0.2) is 4.79 Å². The number of carbonyl (C=O) groups is 1. The number of benzene rings is 1. The molecule has 110 valence electrons. The van der Waals surface area contributed by atoms with Gasteiger partial charge in [-0.15, -0.1) is 0 Å². The van der Waals surface area contributed by atoms with Crippen LogP contribution in [-0.2, 0) is 23.8 Å². The van der Waals surface area contributed by atoms with E-state index in [0.717, 1.165) is 6.08 Å². The molecule has 0 radical (unpaired) electrons. The van der Waals surface area contributed by atoms with Crippen LogP contribution in [0.1, 0.15) is 19.8 Å². The fourth-order valence-electron chi connectivity index (χ4n) is 1.51. The van der Waals surface area contributed by atoms with E-state index < -0.39 is 22.2 Å². The van der Waals surface area contributed by atoms with E-state index in [2.05, 4.69) is 6.58 Å². The third kappa shape index (κ3) is 5.54. The van der Waals surface area contributed by atoms with Gasteiger partial charge in [-0.1, -0.05) is 24.8 Å². The molecule has 20 heavy (non-hydrogen) atoms. The topological polar surface area (TPSA) is 69.7 Å². The van der Waals surface area contributed by atoms with Gasteiger partial charge in [0.25, 0.3) is 10.1 Å². The highest BCUT2D eigenvalue weighted by atomic mass is 32.2. The van der Waals surface area contributed by atoms with Crippen LogP contribution < -0.4 is 0 Å². The molecule has 1 unspecified atom stereocenters. The molecule has 5 nitrogen and oxygen atoms in total. The summed E-state index contributed by atoms with van der Waals surface area (Å²) in [6.45, 7) is 5.15. The summed E-state index contributed by atoms with van der Waals surface area (Å²) in [5.41, 5.74) is 0. The lowest BCUT2D eigenvalue weighted by Crippen LogP contribution is -2.16. The molecule has 1 rings (SSSR count). The lowest BCUT2D eigenvalue weighted by Gasteiger charge is -2.12. The Bertz CT molecular complexity index is 536. The van der Waals surface area contributed by atoms with Crippen molar-refractivity contribution < 1.29 is 22.1 Å². The molecule has 0 amide bonds.